The third kappa shape index (κ3) is 2.83. The highest BCUT2D eigenvalue weighted by Gasteiger charge is 2.38. The van der Waals surface area contributed by atoms with Crippen LogP contribution in [0.15, 0.2) is 35.6 Å². The van der Waals surface area contributed by atoms with E-state index in [4.69, 9.17) is 11.6 Å². The van der Waals surface area contributed by atoms with E-state index >= 15 is 0 Å². The van der Waals surface area contributed by atoms with Gasteiger partial charge in [0.15, 0.2) is 10.2 Å². The Morgan fingerprint density at radius 2 is 2.21 bits per heavy atom. The lowest BCUT2D eigenvalue weighted by Crippen LogP contribution is -2.31. The molecule has 1 N–H and O–H groups in total. The summed E-state index contributed by atoms with van der Waals surface area (Å²) in [6.07, 6.45) is 5.40. The van der Waals surface area contributed by atoms with E-state index in [-0.39, 0.29) is 22.1 Å². The van der Waals surface area contributed by atoms with E-state index < -0.39 is 10.0 Å². The predicted octanol–water partition coefficient (Wildman–Crippen LogP) is 3.18. The summed E-state index contributed by atoms with van der Waals surface area (Å²) in [5.41, 5.74) is 0.496. The number of thiazole rings is 1. The lowest BCUT2D eigenvalue weighted by molar-refractivity contribution is 0.524. The largest absolute Gasteiger partial charge is 0.288 e. The molecule has 1 atom stereocenters. The van der Waals surface area contributed by atoms with Crippen molar-refractivity contribution < 1.29 is 8.42 Å². The van der Waals surface area contributed by atoms with Crippen molar-refractivity contribution in [3.63, 3.8) is 0 Å². The number of nitrogens with zero attached hydrogens (tertiary/aromatic N) is 3. The third-order valence-corrected chi connectivity index (χ3v) is 6.82. The summed E-state index contributed by atoms with van der Waals surface area (Å²) >= 11 is 7.63. The van der Waals surface area contributed by atoms with Gasteiger partial charge >= 0.3 is 0 Å². The Hall–Kier alpha value is -1.48. The van der Waals surface area contributed by atoms with Gasteiger partial charge in [0, 0.05) is 17.3 Å². The monoisotopic (exact) mass is 382 g/mol. The molecule has 126 valence electrons. The second-order valence-electron chi connectivity index (χ2n) is 5.88. The Morgan fingerprint density at radius 3 is 2.88 bits per heavy atom. The van der Waals surface area contributed by atoms with Gasteiger partial charge in [-0.25, -0.2) is 18.4 Å². The molecule has 1 saturated carbocycles. The maximum absolute atomic E-state index is 13.0. The van der Waals surface area contributed by atoms with Crippen LogP contribution in [0.25, 0.3) is 5.65 Å². The lowest BCUT2D eigenvalue weighted by Gasteiger charge is -2.16. The van der Waals surface area contributed by atoms with Crippen molar-refractivity contribution in [2.45, 2.75) is 30.8 Å². The molecule has 0 spiro atoms. The van der Waals surface area contributed by atoms with Crippen molar-refractivity contribution in [1.82, 2.24) is 19.1 Å². The molecule has 6 nitrogen and oxygen atoms in total. The number of hydrogen-bond acceptors (Lipinski definition) is 5. The van der Waals surface area contributed by atoms with E-state index in [9.17, 15) is 8.42 Å². The van der Waals surface area contributed by atoms with Crippen LogP contribution < -0.4 is 4.72 Å². The van der Waals surface area contributed by atoms with Crippen molar-refractivity contribution in [3.8, 4) is 0 Å². The van der Waals surface area contributed by atoms with E-state index in [0.717, 1.165) is 22.7 Å². The minimum atomic E-state index is -3.83. The first kappa shape index (κ1) is 16.0. The van der Waals surface area contributed by atoms with Crippen LogP contribution in [0.1, 0.15) is 28.8 Å². The van der Waals surface area contributed by atoms with Crippen LogP contribution in [0.2, 0.25) is 5.15 Å². The predicted molar refractivity (Wildman–Crippen MR) is 92.8 cm³/mol. The number of aryl methyl sites for hydroxylation is 1. The van der Waals surface area contributed by atoms with Gasteiger partial charge in [0.2, 0.25) is 0 Å². The lowest BCUT2D eigenvalue weighted by atomic mass is 10.2. The van der Waals surface area contributed by atoms with Gasteiger partial charge in [-0.3, -0.25) is 4.40 Å². The number of rotatable bonds is 5. The van der Waals surface area contributed by atoms with Crippen molar-refractivity contribution in [2.24, 2.45) is 5.92 Å². The number of sulfonamides is 1. The number of nitrogens with one attached hydrogen (secondary N) is 1. The van der Waals surface area contributed by atoms with E-state index in [1.165, 1.54) is 15.7 Å². The maximum atomic E-state index is 13.0. The molecule has 0 saturated heterocycles. The van der Waals surface area contributed by atoms with Crippen molar-refractivity contribution >= 4 is 38.6 Å². The molecule has 24 heavy (non-hydrogen) atoms. The summed E-state index contributed by atoms with van der Waals surface area (Å²) in [7, 11) is -3.83. The topological polar surface area (TPSA) is 76.4 Å². The summed E-state index contributed by atoms with van der Waals surface area (Å²) < 4.78 is 30.2. The number of pyridine rings is 1. The molecule has 3 aromatic heterocycles. The minimum Gasteiger partial charge on any atom is -0.288 e. The molecule has 0 bridgehead atoms. The molecule has 1 fully saturated rings. The van der Waals surface area contributed by atoms with Crippen LogP contribution in [0.4, 0.5) is 0 Å². The molecular formula is C15H15ClN4O2S2. The zero-order valence-electron chi connectivity index (χ0n) is 12.8. The molecule has 4 rings (SSSR count). The number of halogens is 1. The zero-order chi connectivity index (χ0) is 16.9. The van der Waals surface area contributed by atoms with Crippen LogP contribution in [-0.2, 0) is 10.0 Å². The summed E-state index contributed by atoms with van der Waals surface area (Å²) in [4.78, 5) is 9.54. The van der Waals surface area contributed by atoms with Gasteiger partial charge in [0.25, 0.3) is 10.0 Å². The van der Waals surface area contributed by atoms with Gasteiger partial charge in [-0.15, -0.1) is 11.3 Å². The third-order valence-electron chi connectivity index (χ3n) is 3.98. The maximum Gasteiger partial charge on any atom is 0.260 e. The average Bonchev–Trinajstić information content (AvgIpc) is 3.18. The standard InChI is InChI=1S/C15H15ClN4O2S2/c1-9-8-17-14(23-9)12(10-5-6-10)19-24(21,22)15-13(16)18-11-4-2-3-7-20(11)15/h2-4,7-8,10,12,19H,5-6H2,1H3/t12-/m1/s1. The first-order valence-electron chi connectivity index (χ1n) is 7.53. The molecule has 0 radical (unpaired) electrons. The second kappa shape index (κ2) is 5.80. The fourth-order valence-corrected chi connectivity index (χ4v) is 5.61. The summed E-state index contributed by atoms with van der Waals surface area (Å²) in [5, 5.41) is 0.737. The van der Waals surface area contributed by atoms with Crippen LogP contribution in [-0.4, -0.2) is 22.8 Å². The Labute approximate surface area is 148 Å². The quantitative estimate of drug-likeness (QED) is 0.735. The molecule has 0 amide bonds. The average molecular weight is 383 g/mol. The zero-order valence-corrected chi connectivity index (χ0v) is 15.2. The van der Waals surface area contributed by atoms with Gasteiger partial charge in [0.05, 0.1) is 6.04 Å². The molecule has 3 heterocycles. The smallest absolute Gasteiger partial charge is 0.260 e. The molecule has 1 aliphatic carbocycles. The van der Waals surface area contributed by atoms with E-state index in [2.05, 4.69) is 14.7 Å². The first-order chi connectivity index (χ1) is 11.5. The van der Waals surface area contributed by atoms with Crippen molar-refractivity contribution in [1.29, 1.82) is 0 Å². The van der Waals surface area contributed by atoms with Gasteiger partial charge < -0.3 is 0 Å². The first-order valence-corrected chi connectivity index (χ1v) is 10.2. The Bertz CT molecular complexity index is 1010. The van der Waals surface area contributed by atoms with Crippen LogP contribution >= 0.6 is 22.9 Å². The highest BCUT2D eigenvalue weighted by atomic mass is 35.5. The van der Waals surface area contributed by atoms with Crippen molar-refractivity contribution in [3.05, 3.63) is 45.6 Å². The minimum absolute atomic E-state index is 0.0290. The highest BCUT2D eigenvalue weighted by Crippen LogP contribution is 2.43. The van der Waals surface area contributed by atoms with Crippen LogP contribution in [0.5, 0.6) is 0 Å². The Kier molecular flexibility index (Phi) is 3.87. The molecule has 0 aliphatic heterocycles. The molecule has 0 unspecified atom stereocenters. The normalized spacial score (nSPS) is 16.6. The number of imidazole rings is 1. The second-order valence-corrected chi connectivity index (χ2v) is 9.14. The Balaban J connectivity index is 1.75. The molecule has 0 aromatic carbocycles. The summed E-state index contributed by atoms with van der Waals surface area (Å²) in [5.74, 6) is 0.281. The van der Waals surface area contributed by atoms with E-state index in [1.807, 2.05) is 6.92 Å². The fourth-order valence-electron chi connectivity index (χ4n) is 2.70. The molecule has 3 aromatic rings. The summed E-state index contributed by atoms with van der Waals surface area (Å²) in [6, 6.07) is 4.92. The fraction of sp³-hybridized carbons (Fsp3) is 0.333. The van der Waals surface area contributed by atoms with Gasteiger partial charge in [0.1, 0.15) is 10.7 Å². The van der Waals surface area contributed by atoms with Crippen LogP contribution in [0, 0.1) is 12.8 Å². The Morgan fingerprint density at radius 1 is 1.42 bits per heavy atom. The van der Waals surface area contributed by atoms with Gasteiger partial charge in [-0.05, 0) is 37.8 Å². The van der Waals surface area contributed by atoms with Gasteiger partial charge in [-0.2, -0.15) is 4.72 Å². The molecule has 1 aliphatic rings. The van der Waals surface area contributed by atoms with Crippen LogP contribution in [0.3, 0.4) is 0 Å². The highest BCUT2D eigenvalue weighted by molar-refractivity contribution is 7.89. The summed E-state index contributed by atoms with van der Waals surface area (Å²) in [6.45, 7) is 1.96. The van der Waals surface area contributed by atoms with E-state index in [1.54, 1.807) is 30.6 Å². The SMILES string of the molecule is Cc1cnc([C@H](NS(=O)(=O)c2c(Cl)nc3ccccn23)C2CC2)s1. The number of fused-ring (bicyclic) bond motifs is 1. The number of aromatic nitrogens is 3. The van der Waals surface area contributed by atoms with Gasteiger partial charge in [-0.1, -0.05) is 17.7 Å². The number of hydrogen-bond donors (Lipinski definition) is 1. The molecular weight excluding hydrogens is 368 g/mol. The van der Waals surface area contributed by atoms with E-state index in [0.29, 0.717) is 5.65 Å². The van der Waals surface area contributed by atoms with Crippen molar-refractivity contribution in [2.75, 3.05) is 0 Å². The molecule has 9 heteroatoms.